The largest absolute Gasteiger partial charge is 0.497 e. The van der Waals surface area contributed by atoms with Gasteiger partial charge in [0, 0.05) is 38.5 Å². The van der Waals surface area contributed by atoms with Crippen molar-refractivity contribution in [1.82, 2.24) is 4.90 Å². The first-order chi connectivity index (χ1) is 8.22. The molecule has 1 aromatic rings. The van der Waals surface area contributed by atoms with E-state index in [2.05, 4.69) is 4.90 Å². The second-order valence-corrected chi connectivity index (χ2v) is 4.45. The highest BCUT2D eigenvalue weighted by atomic mass is 16.5. The minimum atomic E-state index is 0.370. The molecule has 1 aromatic carbocycles. The number of nitrogens with zero attached hydrogens (tertiary/aromatic N) is 1. The topological polar surface area (TPSA) is 47.7 Å². The molecular weight excluding hydrogens is 216 g/mol. The van der Waals surface area contributed by atoms with Crippen molar-refractivity contribution in [2.24, 2.45) is 0 Å². The standard InChI is InChI=1S/C13H20N2O2/c1-16-11-4-3-10(13(14)7-11)8-15-6-5-12(9-15)17-2/h3-4,7,12H,5-6,8-9,14H2,1-2H3. The highest BCUT2D eigenvalue weighted by Gasteiger charge is 2.22. The van der Waals surface area contributed by atoms with Crippen LogP contribution in [0.3, 0.4) is 0 Å². The average Bonchev–Trinajstić information content (AvgIpc) is 2.79. The minimum absolute atomic E-state index is 0.370. The zero-order chi connectivity index (χ0) is 12.3. The summed E-state index contributed by atoms with van der Waals surface area (Å²) in [6.45, 7) is 2.95. The molecule has 0 bridgehead atoms. The lowest BCUT2D eigenvalue weighted by Crippen LogP contribution is -2.22. The van der Waals surface area contributed by atoms with Crippen molar-refractivity contribution in [2.75, 3.05) is 33.0 Å². The Balaban J connectivity index is 1.99. The van der Waals surface area contributed by atoms with Gasteiger partial charge in [0.25, 0.3) is 0 Å². The van der Waals surface area contributed by atoms with Gasteiger partial charge in [0.15, 0.2) is 0 Å². The smallest absolute Gasteiger partial charge is 0.120 e. The van der Waals surface area contributed by atoms with Gasteiger partial charge in [-0.1, -0.05) is 6.07 Å². The van der Waals surface area contributed by atoms with Gasteiger partial charge in [-0.2, -0.15) is 0 Å². The van der Waals surface area contributed by atoms with E-state index in [1.807, 2.05) is 18.2 Å². The van der Waals surface area contributed by atoms with Crippen LogP contribution >= 0.6 is 0 Å². The van der Waals surface area contributed by atoms with E-state index in [1.165, 1.54) is 0 Å². The van der Waals surface area contributed by atoms with Gasteiger partial charge in [-0.15, -0.1) is 0 Å². The van der Waals surface area contributed by atoms with Gasteiger partial charge in [0.05, 0.1) is 13.2 Å². The van der Waals surface area contributed by atoms with E-state index >= 15 is 0 Å². The van der Waals surface area contributed by atoms with Crippen molar-refractivity contribution in [3.63, 3.8) is 0 Å². The summed E-state index contributed by atoms with van der Waals surface area (Å²) in [7, 11) is 3.42. The zero-order valence-electron chi connectivity index (χ0n) is 10.5. The van der Waals surface area contributed by atoms with E-state index in [1.54, 1.807) is 14.2 Å². The molecule has 1 heterocycles. The van der Waals surface area contributed by atoms with Crippen molar-refractivity contribution in [2.45, 2.75) is 19.1 Å². The van der Waals surface area contributed by atoms with E-state index in [0.717, 1.165) is 43.1 Å². The molecule has 1 saturated heterocycles. The monoisotopic (exact) mass is 236 g/mol. The Morgan fingerprint density at radius 1 is 1.41 bits per heavy atom. The molecule has 0 radical (unpaired) electrons. The summed E-state index contributed by atoms with van der Waals surface area (Å²) in [5.74, 6) is 0.808. The highest BCUT2D eigenvalue weighted by Crippen LogP contribution is 2.23. The van der Waals surface area contributed by atoms with E-state index < -0.39 is 0 Å². The molecule has 0 aliphatic carbocycles. The summed E-state index contributed by atoms with van der Waals surface area (Å²) in [5, 5.41) is 0. The van der Waals surface area contributed by atoms with Crippen LogP contribution in [0, 0.1) is 0 Å². The number of benzene rings is 1. The Bertz CT molecular complexity index is 382. The SMILES string of the molecule is COc1ccc(CN2CCC(OC)C2)c(N)c1. The predicted octanol–water partition coefficient (Wildman–Crippen LogP) is 1.50. The van der Waals surface area contributed by atoms with Crippen molar-refractivity contribution < 1.29 is 9.47 Å². The van der Waals surface area contributed by atoms with Crippen LogP contribution in [0.5, 0.6) is 5.75 Å². The van der Waals surface area contributed by atoms with Crippen LogP contribution in [-0.2, 0) is 11.3 Å². The molecule has 4 nitrogen and oxygen atoms in total. The molecule has 4 heteroatoms. The summed E-state index contributed by atoms with van der Waals surface area (Å²) in [5.41, 5.74) is 7.96. The Morgan fingerprint density at radius 2 is 2.24 bits per heavy atom. The van der Waals surface area contributed by atoms with Crippen LogP contribution in [0.25, 0.3) is 0 Å². The molecule has 1 aliphatic heterocycles. The van der Waals surface area contributed by atoms with Crippen LogP contribution in [0.15, 0.2) is 18.2 Å². The van der Waals surface area contributed by atoms with Crippen LogP contribution in [0.1, 0.15) is 12.0 Å². The number of nitrogen functional groups attached to an aromatic ring is 1. The molecule has 17 heavy (non-hydrogen) atoms. The van der Waals surface area contributed by atoms with E-state index in [4.69, 9.17) is 15.2 Å². The number of anilines is 1. The molecule has 2 N–H and O–H groups in total. The molecule has 1 unspecified atom stereocenters. The van der Waals surface area contributed by atoms with Gasteiger partial charge < -0.3 is 15.2 Å². The van der Waals surface area contributed by atoms with Crippen LogP contribution in [-0.4, -0.2) is 38.3 Å². The third kappa shape index (κ3) is 2.90. The molecule has 0 spiro atoms. The maximum Gasteiger partial charge on any atom is 0.120 e. The minimum Gasteiger partial charge on any atom is -0.497 e. The summed E-state index contributed by atoms with van der Waals surface area (Å²) < 4.78 is 10.5. The van der Waals surface area contributed by atoms with Crippen molar-refractivity contribution in [3.8, 4) is 5.75 Å². The second-order valence-electron chi connectivity index (χ2n) is 4.45. The molecule has 0 aromatic heterocycles. The fourth-order valence-electron chi connectivity index (χ4n) is 2.22. The molecule has 94 valence electrons. The molecule has 1 aliphatic rings. The summed E-state index contributed by atoms with van der Waals surface area (Å²) in [6.07, 6.45) is 1.47. The number of hydrogen-bond acceptors (Lipinski definition) is 4. The lowest BCUT2D eigenvalue weighted by Gasteiger charge is -2.17. The number of ether oxygens (including phenoxy) is 2. The Labute approximate surface area is 102 Å². The molecule has 1 fully saturated rings. The van der Waals surface area contributed by atoms with E-state index in [9.17, 15) is 0 Å². The van der Waals surface area contributed by atoms with E-state index in [0.29, 0.717) is 6.10 Å². The molecule has 2 rings (SSSR count). The molecule has 0 saturated carbocycles. The Kier molecular flexibility index (Phi) is 3.86. The number of likely N-dealkylation sites (tertiary alicyclic amines) is 1. The predicted molar refractivity (Wildman–Crippen MR) is 68.1 cm³/mol. The van der Waals surface area contributed by atoms with Crippen molar-refractivity contribution >= 4 is 5.69 Å². The van der Waals surface area contributed by atoms with Gasteiger partial charge in [0.1, 0.15) is 5.75 Å². The molecule has 0 amide bonds. The lowest BCUT2D eigenvalue weighted by atomic mass is 10.1. The van der Waals surface area contributed by atoms with Gasteiger partial charge in [-0.05, 0) is 18.1 Å². The second kappa shape index (κ2) is 5.38. The number of methoxy groups -OCH3 is 2. The fraction of sp³-hybridized carbons (Fsp3) is 0.538. The Hall–Kier alpha value is -1.26. The van der Waals surface area contributed by atoms with Gasteiger partial charge in [0.2, 0.25) is 0 Å². The zero-order valence-corrected chi connectivity index (χ0v) is 10.5. The van der Waals surface area contributed by atoms with Crippen LogP contribution in [0.4, 0.5) is 5.69 Å². The molecular formula is C13H20N2O2. The molecule has 1 atom stereocenters. The van der Waals surface area contributed by atoms with E-state index in [-0.39, 0.29) is 0 Å². The van der Waals surface area contributed by atoms with Gasteiger partial charge in [-0.3, -0.25) is 4.90 Å². The number of hydrogen-bond donors (Lipinski definition) is 1. The first kappa shape index (κ1) is 12.2. The maximum atomic E-state index is 6.00. The van der Waals surface area contributed by atoms with Gasteiger partial charge in [-0.25, -0.2) is 0 Å². The summed E-state index contributed by atoms with van der Waals surface area (Å²) in [6, 6.07) is 5.86. The van der Waals surface area contributed by atoms with Crippen LogP contribution < -0.4 is 10.5 Å². The number of nitrogens with two attached hydrogens (primary N) is 1. The van der Waals surface area contributed by atoms with Gasteiger partial charge >= 0.3 is 0 Å². The summed E-state index contributed by atoms with van der Waals surface area (Å²) in [4.78, 5) is 2.37. The highest BCUT2D eigenvalue weighted by molar-refractivity contribution is 5.51. The third-order valence-corrected chi connectivity index (χ3v) is 3.31. The Morgan fingerprint density at radius 3 is 2.82 bits per heavy atom. The third-order valence-electron chi connectivity index (χ3n) is 3.31. The van der Waals surface area contributed by atoms with Crippen LogP contribution in [0.2, 0.25) is 0 Å². The maximum absolute atomic E-state index is 6.00. The average molecular weight is 236 g/mol. The van der Waals surface area contributed by atoms with Crippen molar-refractivity contribution in [3.05, 3.63) is 23.8 Å². The van der Waals surface area contributed by atoms with Crippen molar-refractivity contribution in [1.29, 1.82) is 0 Å². The number of rotatable bonds is 4. The first-order valence-electron chi connectivity index (χ1n) is 5.90. The first-order valence-corrected chi connectivity index (χ1v) is 5.90. The fourth-order valence-corrected chi connectivity index (χ4v) is 2.22. The normalized spacial score (nSPS) is 20.7. The summed E-state index contributed by atoms with van der Waals surface area (Å²) >= 11 is 0. The quantitative estimate of drug-likeness (QED) is 0.805. The lowest BCUT2D eigenvalue weighted by molar-refractivity contribution is 0.107.